The molecule has 4 aromatic rings. The summed E-state index contributed by atoms with van der Waals surface area (Å²) in [5, 5.41) is 3.45. The zero-order chi connectivity index (χ0) is 24.6. The van der Waals surface area contributed by atoms with Crippen molar-refractivity contribution in [1.29, 1.82) is 0 Å². The number of anilines is 1. The number of thiazole rings is 1. The number of aromatic nitrogens is 1. The van der Waals surface area contributed by atoms with Crippen LogP contribution in [0.15, 0.2) is 71.6 Å². The van der Waals surface area contributed by atoms with Gasteiger partial charge in [-0.2, -0.15) is 0 Å². The van der Waals surface area contributed by atoms with Gasteiger partial charge < -0.3 is 14.2 Å². The van der Waals surface area contributed by atoms with E-state index < -0.39 is 6.10 Å². The van der Waals surface area contributed by atoms with Gasteiger partial charge in [0.25, 0.3) is 5.91 Å². The van der Waals surface area contributed by atoms with Crippen molar-refractivity contribution in [1.82, 2.24) is 4.98 Å². The number of hydrogen-bond donors (Lipinski definition) is 1. The van der Waals surface area contributed by atoms with Crippen LogP contribution in [-0.4, -0.2) is 37.5 Å². The van der Waals surface area contributed by atoms with Crippen LogP contribution in [0, 0.1) is 0 Å². The number of benzene rings is 3. The molecule has 3 aromatic carbocycles. The van der Waals surface area contributed by atoms with Crippen LogP contribution in [0.2, 0.25) is 0 Å². The second-order valence-corrected chi connectivity index (χ2v) is 10.0. The molecule has 0 bridgehead atoms. The largest absolute Gasteiger partial charge is 0.493 e. The van der Waals surface area contributed by atoms with E-state index in [2.05, 4.69) is 29.4 Å². The molecule has 0 fully saturated rings. The van der Waals surface area contributed by atoms with Crippen molar-refractivity contribution in [3.05, 3.63) is 77.9 Å². The number of rotatable bonds is 11. The van der Waals surface area contributed by atoms with Crippen LogP contribution >= 0.6 is 23.1 Å². The fourth-order valence-corrected chi connectivity index (χ4v) is 5.19. The molecule has 0 radical (unpaired) electrons. The molecule has 1 amide bonds. The minimum atomic E-state index is -0.754. The summed E-state index contributed by atoms with van der Waals surface area (Å²) in [5.41, 5.74) is 2.70. The molecule has 1 atom stereocenters. The minimum absolute atomic E-state index is 0.257. The third-order valence-electron chi connectivity index (χ3n) is 5.37. The van der Waals surface area contributed by atoms with Crippen molar-refractivity contribution < 1.29 is 19.0 Å². The first-order chi connectivity index (χ1) is 17.1. The monoisotopic (exact) mass is 508 g/mol. The molecule has 0 saturated heterocycles. The van der Waals surface area contributed by atoms with E-state index in [1.807, 2.05) is 48.5 Å². The highest BCUT2D eigenvalue weighted by Gasteiger charge is 2.23. The third-order valence-corrected chi connectivity index (χ3v) is 7.20. The quantitative estimate of drug-likeness (QED) is 0.238. The van der Waals surface area contributed by atoms with Gasteiger partial charge >= 0.3 is 0 Å². The number of hydrogen-bond acceptors (Lipinski definition) is 7. The number of amides is 1. The lowest BCUT2D eigenvalue weighted by molar-refractivity contribution is -0.127. The van der Waals surface area contributed by atoms with E-state index in [0.717, 1.165) is 38.4 Å². The Hall–Kier alpha value is -3.07. The van der Waals surface area contributed by atoms with Gasteiger partial charge in [0.05, 0.1) is 31.0 Å². The Balaban J connectivity index is 1.53. The van der Waals surface area contributed by atoms with E-state index in [4.69, 9.17) is 14.2 Å². The maximum Gasteiger partial charge on any atom is 0.259 e. The number of carbonyl (C=O) groups excluding carboxylic acids is 1. The van der Waals surface area contributed by atoms with Gasteiger partial charge in [0.2, 0.25) is 0 Å². The van der Waals surface area contributed by atoms with Crippen LogP contribution in [0.3, 0.4) is 0 Å². The molecule has 0 aliphatic carbocycles. The predicted octanol–water partition coefficient (Wildman–Crippen LogP) is 6.36. The molecule has 1 aromatic heterocycles. The lowest BCUT2D eigenvalue weighted by atomic mass is 10.1. The minimum Gasteiger partial charge on any atom is -0.493 e. The summed E-state index contributed by atoms with van der Waals surface area (Å²) < 4.78 is 17.8. The lowest BCUT2D eigenvalue weighted by Gasteiger charge is -2.18. The first-order valence-corrected chi connectivity index (χ1v) is 13.1. The van der Waals surface area contributed by atoms with Crippen LogP contribution in [0.1, 0.15) is 24.2 Å². The van der Waals surface area contributed by atoms with Crippen molar-refractivity contribution >= 4 is 44.4 Å². The topological polar surface area (TPSA) is 69.7 Å². The molecule has 4 rings (SSSR count). The van der Waals surface area contributed by atoms with Crippen LogP contribution in [-0.2, 0) is 16.0 Å². The van der Waals surface area contributed by atoms with Crippen LogP contribution in [0.25, 0.3) is 10.2 Å². The summed E-state index contributed by atoms with van der Waals surface area (Å²) in [6, 6.07) is 21.7. The molecular formula is C27H28N2O4S2. The van der Waals surface area contributed by atoms with Crippen molar-refractivity contribution in [2.45, 2.75) is 24.3 Å². The summed E-state index contributed by atoms with van der Waals surface area (Å²) in [6.45, 7) is 2.53. The Morgan fingerprint density at radius 2 is 1.74 bits per heavy atom. The highest BCUT2D eigenvalue weighted by atomic mass is 32.2. The summed E-state index contributed by atoms with van der Waals surface area (Å²) in [6.07, 6.45) is -0.0368. The number of methoxy groups -OCH3 is 2. The summed E-state index contributed by atoms with van der Waals surface area (Å²) in [7, 11) is 3.18. The smallest absolute Gasteiger partial charge is 0.259 e. The van der Waals surface area contributed by atoms with Crippen LogP contribution in [0.4, 0.5) is 5.13 Å². The maximum absolute atomic E-state index is 13.4. The Morgan fingerprint density at radius 1 is 1.03 bits per heavy atom. The second kappa shape index (κ2) is 12.1. The number of ether oxygens (including phenoxy) is 3. The van der Waals surface area contributed by atoms with Gasteiger partial charge in [0.15, 0.2) is 22.7 Å². The highest BCUT2D eigenvalue weighted by Crippen LogP contribution is 2.36. The number of nitrogens with zero attached hydrogens (tertiary/aromatic N) is 1. The van der Waals surface area contributed by atoms with Crippen molar-refractivity contribution in [3.8, 4) is 11.5 Å². The third kappa shape index (κ3) is 6.33. The van der Waals surface area contributed by atoms with E-state index in [0.29, 0.717) is 23.2 Å². The summed E-state index contributed by atoms with van der Waals surface area (Å²) in [5.74, 6) is 1.94. The van der Waals surface area contributed by atoms with Gasteiger partial charge in [-0.15, -0.1) is 11.8 Å². The first-order valence-electron chi connectivity index (χ1n) is 11.3. The van der Waals surface area contributed by atoms with Crippen molar-refractivity contribution in [3.63, 3.8) is 0 Å². The Bertz CT molecular complexity index is 1220. The zero-order valence-electron chi connectivity index (χ0n) is 19.9. The van der Waals surface area contributed by atoms with Crippen molar-refractivity contribution in [2.24, 2.45) is 0 Å². The molecular weight excluding hydrogens is 480 g/mol. The van der Waals surface area contributed by atoms with Gasteiger partial charge in [-0.3, -0.25) is 10.1 Å². The van der Waals surface area contributed by atoms with E-state index in [-0.39, 0.29) is 5.91 Å². The van der Waals surface area contributed by atoms with E-state index in [1.54, 1.807) is 32.0 Å². The normalized spacial score (nSPS) is 11.9. The van der Waals surface area contributed by atoms with Crippen LogP contribution < -0.4 is 14.8 Å². The van der Waals surface area contributed by atoms with Gasteiger partial charge in [0, 0.05) is 17.0 Å². The molecule has 35 heavy (non-hydrogen) atoms. The second-order valence-electron chi connectivity index (χ2n) is 7.67. The Labute approximate surface area is 213 Å². The Morgan fingerprint density at radius 3 is 2.43 bits per heavy atom. The SMILES string of the molecule is CCSc1ccc(C(OCCc2ccccc2)C(=O)Nc2nc3cc(OC)c(OC)cc3s2)cc1. The highest BCUT2D eigenvalue weighted by molar-refractivity contribution is 7.99. The lowest BCUT2D eigenvalue weighted by Crippen LogP contribution is -2.24. The Kier molecular flexibility index (Phi) is 8.63. The van der Waals surface area contributed by atoms with Gasteiger partial charge in [-0.1, -0.05) is 60.7 Å². The van der Waals surface area contributed by atoms with Gasteiger partial charge in [-0.05, 0) is 35.4 Å². The molecule has 1 heterocycles. The van der Waals surface area contributed by atoms with E-state index >= 15 is 0 Å². The van der Waals surface area contributed by atoms with E-state index in [1.165, 1.54) is 11.3 Å². The first kappa shape index (κ1) is 25.0. The van der Waals surface area contributed by atoms with Gasteiger partial charge in [-0.25, -0.2) is 4.98 Å². The molecule has 0 saturated carbocycles. The average molecular weight is 509 g/mol. The molecule has 8 heteroatoms. The zero-order valence-corrected chi connectivity index (χ0v) is 21.6. The molecule has 6 nitrogen and oxygen atoms in total. The molecule has 0 spiro atoms. The van der Waals surface area contributed by atoms with E-state index in [9.17, 15) is 4.79 Å². The number of fused-ring (bicyclic) bond motifs is 1. The molecule has 1 N–H and O–H groups in total. The number of thioether (sulfide) groups is 1. The molecule has 0 aliphatic rings. The van der Waals surface area contributed by atoms with Crippen molar-refractivity contribution in [2.75, 3.05) is 31.9 Å². The van der Waals surface area contributed by atoms with Crippen LogP contribution in [0.5, 0.6) is 11.5 Å². The fourth-order valence-electron chi connectivity index (χ4n) is 3.65. The number of carbonyl (C=O) groups is 1. The standard InChI is InChI=1S/C27H28N2O4S2/c1-4-34-20-12-10-19(11-13-20)25(33-15-14-18-8-6-5-7-9-18)26(30)29-27-28-21-16-22(31-2)23(32-3)17-24(21)35-27/h5-13,16-17,25H,4,14-15H2,1-3H3,(H,28,29,30). The summed E-state index contributed by atoms with van der Waals surface area (Å²) in [4.78, 5) is 19.1. The fraction of sp³-hybridized carbons (Fsp3) is 0.259. The van der Waals surface area contributed by atoms with Gasteiger partial charge in [0.1, 0.15) is 0 Å². The number of nitrogens with one attached hydrogen (secondary N) is 1. The predicted molar refractivity (Wildman–Crippen MR) is 143 cm³/mol. The summed E-state index contributed by atoms with van der Waals surface area (Å²) >= 11 is 3.14. The maximum atomic E-state index is 13.4. The average Bonchev–Trinajstić information content (AvgIpc) is 3.28. The molecule has 1 unspecified atom stereocenters. The molecule has 0 aliphatic heterocycles. The molecule has 182 valence electrons.